The summed E-state index contributed by atoms with van der Waals surface area (Å²) < 4.78 is 10.7. The summed E-state index contributed by atoms with van der Waals surface area (Å²) in [6.45, 7) is 4.24. The van der Waals surface area contributed by atoms with Gasteiger partial charge in [-0.1, -0.05) is 13.0 Å². The summed E-state index contributed by atoms with van der Waals surface area (Å²) in [4.78, 5) is 22.5. The van der Waals surface area contributed by atoms with Gasteiger partial charge in [0.05, 0.1) is 17.1 Å². The van der Waals surface area contributed by atoms with Crippen LogP contribution in [0.15, 0.2) is 42.5 Å². The Morgan fingerprint density at radius 2 is 1.78 bits per heavy atom. The molecule has 0 spiro atoms. The molecular weight excluding hydrogens is 298 g/mol. The van der Waals surface area contributed by atoms with E-state index in [1.165, 1.54) is 18.2 Å². The van der Waals surface area contributed by atoms with E-state index in [1.807, 2.05) is 6.92 Å². The first-order chi connectivity index (χ1) is 11.0. The molecule has 0 aliphatic rings. The topological polar surface area (TPSA) is 78.7 Å². The molecule has 6 heteroatoms. The summed E-state index contributed by atoms with van der Waals surface area (Å²) in [7, 11) is 0. The number of hydrogen-bond donors (Lipinski definition) is 0. The maximum absolute atomic E-state index is 12.1. The van der Waals surface area contributed by atoms with Crippen LogP contribution in [-0.2, 0) is 0 Å². The molecule has 0 atom stereocenters. The van der Waals surface area contributed by atoms with Gasteiger partial charge in [-0.15, -0.1) is 0 Å². The fourth-order valence-corrected chi connectivity index (χ4v) is 1.92. The van der Waals surface area contributed by atoms with Crippen molar-refractivity contribution < 1.29 is 19.2 Å². The second-order valence-electron chi connectivity index (χ2n) is 4.97. The maximum Gasteiger partial charge on any atom is 0.343 e. The van der Waals surface area contributed by atoms with E-state index < -0.39 is 10.9 Å². The van der Waals surface area contributed by atoms with Crippen molar-refractivity contribution in [2.24, 2.45) is 0 Å². The Morgan fingerprint density at radius 3 is 2.39 bits per heavy atom. The zero-order valence-electron chi connectivity index (χ0n) is 12.9. The Hall–Kier alpha value is -2.89. The number of carbonyl (C=O) groups is 1. The number of aryl methyl sites for hydroxylation is 1. The van der Waals surface area contributed by atoms with Crippen molar-refractivity contribution >= 4 is 11.7 Å². The number of ether oxygens (including phenoxy) is 2. The van der Waals surface area contributed by atoms with Crippen LogP contribution in [0, 0.1) is 17.0 Å². The highest BCUT2D eigenvalue weighted by Gasteiger charge is 2.16. The summed E-state index contributed by atoms with van der Waals surface area (Å²) in [6, 6.07) is 10.9. The summed E-state index contributed by atoms with van der Waals surface area (Å²) in [5, 5.41) is 10.9. The molecule has 2 aromatic rings. The normalized spacial score (nSPS) is 10.2. The Bertz CT molecular complexity index is 709. The van der Waals surface area contributed by atoms with Gasteiger partial charge in [0.1, 0.15) is 11.5 Å². The third kappa shape index (κ3) is 4.29. The summed E-state index contributed by atoms with van der Waals surface area (Å²) >= 11 is 0. The average molecular weight is 315 g/mol. The SMILES string of the molecule is CCCOc1ccc(OC(=O)c2ccc(C)c([N+](=O)[O-])c2)cc1. The molecule has 0 aliphatic carbocycles. The Balaban J connectivity index is 2.10. The van der Waals surface area contributed by atoms with Crippen molar-refractivity contribution in [3.63, 3.8) is 0 Å². The predicted molar refractivity (Wildman–Crippen MR) is 85.0 cm³/mol. The van der Waals surface area contributed by atoms with Gasteiger partial charge in [0.2, 0.25) is 0 Å². The highest BCUT2D eigenvalue weighted by molar-refractivity contribution is 5.92. The van der Waals surface area contributed by atoms with Gasteiger partial charge in [0.15, 0.2) is 0 Å². The molecule has 0 N–H and O–H groups in total. The Labute approximate surface area is 133 Å². The lowest BCUT2D eigenvalue weighted by Gasteiger charge is -2.07. The third-order valence-corrected chi connectivity index (χ3v) is 3.15. The zero-order valence-corrected chi connectivity index (χ0v) is 12.9. The smallest absolute Gasteiger partial charge is 0.343 e. The largest absolute Gasteiger partial charge is 0.494 e. The van der Waals surface area contributed by atoms with E-state index >= 15 is 0 Å². The minimum absolute atomic E-state index is 0.109. The number of hydrogen-bond acceptors (Lipinski definition) is 5. The van der Waals surface area contributed by atoms with Gasteiger partial charge in [0, 0.05) is 11.6 Å². The van der Waals surface area contributed by atoms with Gasteiger partial charge in [-0.3, -0.25) is 10.1 Å². The first-order valence-corrected chi connectivity index (χ1v) is 7.21. The molecule has 0 heterocycles. The standard InChI is InChI=1S/C17H17NO5/c1-3-10-22-14-6-8-15(9-7-14)23-17(19)13-5-4-12(2)16(11-13)18(20)21/h4-9,11H,3,10H2,1-2H3. The fourth-order valence-electron chi connectivity index (χ4n) is 1.92. The van der Waals surface area contributed by atoms with Crippen LogP contribution in [-0.4, -0.2) is 17.5 Å². The van der Waals surface area contributed by atoms with Gasteiger partial charge < -0.3 is 9.47 Å². The molecular formula is C17H17NO5. The molecule has 0 aromatic heterocycles. The summed E-state index contributed by atoms with van der Waals surface area (Å²) in [5.74, 6) is 0.398. The lowest BCUT2D eigenvalue weighted by atomic mass is 10.1. The Kier molecular flexibility index (Phi) is 5.30. The molecule has 120 valence electrons. The number of benzene rings is 2. The zero-order chi connectivity index (χ0) is 16.8. The van der Waals surface area contributed by atoms with Crippen LogP contribution in [0.3, 0.4) is 0 Å². The highest BCUT2D eigenvalue weighted by Crippen LogP contribution is 2.22. The van der Waals surface area contributed by atoms with E-state index in [1.54, 1.807) is 31.2 Å². The van der Waals surface area contributed by atoms with Gasteiger partial charge in [0.25, 0.3) is 5.69 Å². The van der Waals surface area contributed by atoms with Gasteiger partial charge in [-0.2, -0.15) is 0 Å². The highest BCUT2D eigenvalue weighted by atomic mass is 16.6. The predicted octanol–water partition coefficient (Wildman–Crippen LogP) is 3.91. The molecule has 2 rings (SSSR count). The number of carbonyl (C=O) groups excluding carboxylic acids is 1. The van der Waals surface area contributed by atoms with Crippen LogP contribution in [0.1, 0.15) is 29.3 Å². The number of nitro groups is 1. The van der Waals surface area contributed by atoms with E-state index in [9.17, 15) is 14.9 Å². The first kappa shape index (κ1) is 16.5. The molecule has 0 saturated carbocycles. The number of esters is 1. The molecule has 0 bridgehead atoms. The average Bonchev–Trinajstić information content (AvgIpc) is 2.54. The lowest BCUT2D eigenvalue weighted by Crippen LogP contribution is -2.09. The maximum atomic E-state index is 12.1. The van der Waals surface area contributed by atoms with Crippen molar-refractivity contribution in [3.05, 3.63) is 63.7 Å². The van der Waals surface area contributed by atoms with Crippen LogP contribution >= 0.6 is 0 Å². The molecule has 0 saturated heterocycles. The molecule has 0 unspecified atom stereocenters. The number of nitro benzene ring substituents is 1. The fraction of sp³-hybridized carbons (Fsp3) is 0.235. The van der Waals surface area contributed by atoms with Crippen molar-refractivity contribution in [1.29, 1.82) is 0 Å². The van der Waals surface area contributed by atoms with E-state index in [0.29, 0.717) is 23.7 Å². The quantitative estimate of drug-likeness (QED) is 0.349. The van der Waals surface area contributed by atoms with Crippen molar-refractivity contribution in [2.75, 3.05) is 6.61 Å². The second-order valence-corrected chi connectivity index (χ2v) is 4.97. The van der Waals surface area contributed by atoms with E-state index in [4.69, 9.17) is 9.47 Å². The monoisotopic (exact) mass is 315 g/mol. The minimum Gasteiger partial charge on any atom is -0.494 e. The molecule has 0 aliphatic heterocycles. The molecule has 0 radical (unpaired) electrons. The van der Waals surface area contributed by atoms with Crippen LogP contribution < -0.4 is 9.47 Å². The van der Waals surface area contributed by atoms with Crippen LogP contribution in [0.25, 0.3) is 0 Å². The van der Waals surface area contributed by atoms with Crippen LogP contribution in [0.2, 0.25) is 0 Å². The van der Waals surface area contributed by atoms with Crippen molar-refractivity contribution in [3.8, 4) is 11.5 Å². The molecule has 6 nitrogen and oxygen atoms in total. The number of nitrogens with zero attached hydrogens (tertiary/aromatic N) is 1. The van der Waals surface area contributed by atoms with Crippen LogP contribution in [0.4, 0.5) is 5.69 Å². The van der Waals surface area contributed by atoms with Crippen molar-refractivity contribution in [1.82, 2.24) is 0 Å². The van der Waals surface area contributed by atoms with E-state index in [2.05, 4.69) is 0 Å². The number of rotatable bonds is 6. The first-order valence-electron chi connectivity index (χ1n) is 7.21. The molecule has 2 aromatic carbocycles. The van der Waals surface area contributed by atoms with Gasteiger partial charge in [-0.25, -0.2) is 4.79 Å². The Morgan fingerprint density at radius 1 is 1.13 bits per heavy atom. The molecule has 0 amide bonds. The van der Waals surface area contributed by atoms with Crippen LogP contribution in [0.5, 0.6) is 11.5 Å². The summed E-state index contributed by atoms with van der Waals surface area (Å²) in [5.41, 5.74) is 0.514. The third-order valence-electron chi connectivity index (χ3n) is 3.15. The van der Waals surface area contributed by atoms with Gasteiger partial charge >= 0.3 is 5.97 Å². The van der Waals surface area contributed by atoms with E-state index in [0.717, 1.165) is 6.42 Å². The lowest BCUT2D eigenvalue weighted by molar-refractivity contribution is -0.385. The van der Waals surface area contributed by atoms with E-state index in [-0.39, 0.29) is 11.3 Å². The minimum atomic E-state index is -0.643. The molecule has 23 heavy (non-hydrogen) atoms. The molecule has 0 fully saturated rings. The second kappa shape index (κ2) is 7.40. The van der Waals surface area contributed by atoms with Crippen molar-refractivity contribution in [2.45, 2.75) is 20.3 Å². The summed E-state index contributed by atoms with van der Waals surface area (Å²) in [6.07, 6.45) is 0.906. The van der Waals surface area contributed by atoms with Gasteiger partial charge in [-0.05, 0) is 43.7 Å².